The highest BCUT2D eigenvalue weighted by Gasteiger charge is 2.26. The third-order valence-corrected chi connectivity index (χ3v) is 1.59. The van der Waals surface area contributed by atoms with E-state index >= 15 is 0 Å². The molecule has 0 atom stereocenters. The third-order valence-electron chi connectivity index (χ3n) is 1.59. The summed E-state index contributed by atoms with van der Waals surface area (Å²) in [5, 5.41) is 0. The van der Waals surface area contributed by atoms with E-state index in [9.17, 15) is 18.0 Å². The summed E-state index contributed by atoms with van der Waals surface area (Å²) in [4.78, 5) is 10.3. The molecule has 15 heavy (non-hydrogen) atoms. The number of carbonyl (C=O) groups excluding carboxylic acids is 1. The lowest BCUT2D eigenvalue weighted by atomic mass is 10.2. The van der Waals surface area contributed by atoms with Gasteiger partial charge in [-0.05, 0) is 18.2 Å². The molecule has 0 fully saturated rings. The topological polar surface area (TPSA) is 26.3 Å². The smallest absolute Gasteiger partial charge is 0.392 e. The van der Waals surface area contributed by atoms with Gasteiger partial charge >= 0.3 is 6.18 Å². The van der Waals surface area contributed by atoms with E-state index in [0.717, 1.165) is 0 Å². The van der Waals surface area contributed by atoms with Crippen LogP contribution in [-0.2, 0) is 0 Å². The normalized spacial score (nSPS) is 11.1. The minimum Gasteiger partial charge on any atom is -0.493 e. The van der Waals surface area contributed by atoms with E-state index in [1.807, 2.05) is 0 Å². The number of alkyl halides is 3. The van der Waals surface area contributed by atoms with Crippen LogP contribution < -0.4 is 4.74 Å². The molecule has 0 aromatic heterocycles. The number of rotatable bonds is 4. The van der Waals surface area contributed by atoms with Crippen LogP contribution in [0.15, 0.2) is 18.2 Å². The van der Waals surface area contributed by atoms with Crippen LogP contribution in [0.5, 0.6) is 5.75 Å². The van der Waals surface area contributed by atoms with Crippen LogP contribution in [0, 0.1) is 6.07 Å². The molecular weight excluding hydrogens is 209 g/mol. The Labute approximate surface area is 84.7 Å². The average molecular weight is 217 g/mol. The predicted molar refractivity (Wildman–Crippen MR) is 46.8 cm³/mol. The van der Waals surface area contributed by atoms with E-state index in [1.165, 1.54) is 18.2 Å². The molecule has 0 amide bonds. The van der Waals surface area contributed by atoms with Crippen LogP contribution in [0.4, 0.5) is 13.2 Å². The first-order valence-corrected chi connectivity index (χ1v) is 4.18. The number of ether oxygens (including phenoxy) is 1. The molecular formula is C10H8F3O2. The Balaban J connectivity index is 2.41. The van der Waals surface area contributed by atoms with Gasteiger partial charge in [-0.2, -0.15) is 13.2 Å². The van der Waals surface area contributed by atoms with E-state index < -0.39 is 19.2 Å². The highest BCUT2D eigenvalue weighted by molar-refractivity contribution is 5.74. The van der Waals surface area contributed by atoms with Crippen molar-refractivity contribution >= 4 is 6.29 Å². The quantitative estimate of drug-likeness (QED) is 0.724. The van der Waals surface area contributed by atoms with Gasteiger partial charge < -0.3 is 4.74 Å². The average Bonchev–Trinajstić information content (AvgIpc) is 2.17. The van der Waals surface area contributed by atoms with Crippen LogP contribution in [-0.4, -0.2) is 19.1 Å². The lowest BCUT2D eigenvalue weighted by Gasteiger charge is -2.07. The van der Waals surface area contributed by atoms with Crippen LogP contribution >= 0.6 is 0 Å². The fraction of sp³-hybridized carbons (Fsp3) is 0.300. The molecule has 0 bridgehead atoms. The Bertz CT molecular complexity index is 316. The standard InChI is InChI=1S/C10H8F3O2/c11-10(12,13)5-6-15-9-3-1-8(7-14)2-4-9/h1-3,7H,5-6H2. The molecule has 1 aromatic carbocycles. The van der Waals surface area contributed by atoms with Gasteiger partial charge in [0.05, 0.1) is 13.0 Å². The molecule has 0 aliphatic heterocycles. The lowest BCUT2D eigenvalue weighted by Crippen LogP contribution is -2.13. The minimum absolute atomic E-state index is 0.199. The fourth-order valence-electron chi connectivity index (χ4n) is 0.862. The van der Waals surface area contributed by atoms with Crippen molar-refractivity contribution in [2.75, 3.05) is 6.61 Å². The number of hydrogen-bond acceptors (Lipinski definition) is 2. The minimum atomic E-state index is -4.22. The number of aldehydes is 1. The first kappa shape index (κ1) is 11.6. The first-order chi connectivity index (χ1) is 7.01. The summed E-state index contributed by atoms with van der Waals surface area (Å²) in [6.45, 7) is -0.444. The second kappa shape index (κ2) is 4.82. The van der Waals surface area contributed by atoms with Gasteiger partial charge in [0.15, 0.2) is 0 Å². The molecule has 0 saturated carbocycles. The number of hydrogen-bond donors (Lipinski definition) is 0. The molecule has 1 radical (unpaired) electrons. The molecule has 1 rings (SSSR count). The second-order valence-corrected chi connectivity index (χ2v) is 2.82. The van der Waals surface area contributed by atoms with Gasteiger partial charge in [0.2, 0.25) is 0 Å². The molecule has 0 aliphatic rings. The summed E-state index contributed by atoms with van der Waals surface area (Å²) in [7, 11) is 0. The molecule has 0 heterocycles. The van der Waals surface area contributed by atoms with Gasteiger partial charge in [-0.15, -0.1) is 0 Å². The number of carbonyl (C=O) groups is 1. The van der Waals surface area contributed by atoms with Crippen molar-refractivity contribution in [3.05, 3.63) is 29.8 Å². The van der Waals surface area contributed by atoms with Crippen LogP contribution in [0.2, 0.25) is 0 Å². The van der Waals surface area contributed by atoms with Crippen molar-refractivity contribution in [3.8, 4) is 5.75 Å². The van der Waals surface area contributed by atoms with Crippen molar-refractivity contribution in [3.63, 3.8) is 0 Å². The number of benzene rings is 1. The lowest BCUT2D eigenvalue weighted by molar-refractivity contribution is -0.139. The van der Waals surface area contributed by atoms with Gasteiger partial charge in [-0.3, -0.25) is 4.79 Å². The Morgan fingerprint density at radius 3 is 2.60 bits per heavy atom. The second-order valence-electron chi connectivity index (χ2n) is 2.82. The molecule has 0 unspecified atom stereocenters. The summed E-state index contributed by atoms with van der Waals surface area (Å²) in [5.41, 5.74) is 0.401. The largest absolute Gasteiger partial charge is 0.493 e. The van der Waals surface area contributed by atoms with Crippen molar-refractivity contribution in [1.29, 1.82) is 0 Å². The molecule has 81 valence electrons. The molecule has 0 N–H and O–H groups in total. The SMILES string of the molecule is O=Cc1c[c]c(OCCC(F)(F)F)cc1. The Kier molecular flexibility index (Phi) is 3.71. The summed E-state index contributed by atoms with van der Waals surface area (Å²) < 4.78 is 40.0. The zero-order valence-corrected chi connectivity index (χ0v) is 7.67. The van der Waals surface area contributed by atoms with E-state index in [0.29, 0.717) is 11.8 Å². The number of halogens is 3. The van der Waals surface area contributed by atoms with E-state index in [2.05, 4.69) is 6.07 Å². The van der Waals surface area contributed by atoms with Crippen LogP contribution in [0.1, 0.15) is 16.8 Å². The van der Waals surface area contributed by atoms with Gasteiger partial charge in [-0.1, -0.05) is 0 Å². The van der Waals surface area contributed by atoms with E-state index in [4.69, 9.17) is 4.74 Å². The zero-order valence-electron chi connectivity index (χ0n) is 7.67. The van der Waals surface area contributed by atoms with Crippen molar-refractivity contribution < 1.29 is 22.7 Å². The molecule has 5 heteroatoms. The zero-order chi connectivity index (χ0) is 11.3. The van der Waals surface area contributed by atoms with Crippen molar-refractivity contribution in [2.45, 2.75) is 12.6 Å². The summed E-state index contributed by atoms with van der Waals surface area (Å²) in [6, 6.07) is 6.76. The Morgan fingerprint density at radius 1 is 1.40 bits per heavy atom. The maximum Gasteiger partial charge on any atom is 0.392 e. The van der Waals surface area contributed by atoms with Crippen LogP contribution in [0.3, 0.4) is 0 Å². The maximum absolute atomic E-state index is 11.7. The summed E-state index contributed by atoms with van der Waals surface area (Å²) >= 11 is 0. The maximum atomic E-state index is 11.7. The molecule has 2 nitrogen and oxygen atoms in total. The van der Waals surface area contributed by atoms with Gasteiger partial charge in [0.1, 0.15) is 12.0 Å². The van der Waals surface area contributed by atoms with Gasteiger partial charge in [0, 0.05) is 11.6 Å². The van der Waals surface area contributed by atoms with Crippen molar-refractivity contribution in [1.82, 2.24) is 0 Å². The van der Waals surface area contributed by atoms with Gasteiger partial charge in [-0.25, -0.2) is 0 Å². The predicted octanol–water partition coefficient (Wildman–Crippen LogP) is 2.63. The summed E-state index contributed by atoms with van der Waals surface area (Å²) in [5.74, 6) is 0.199. The molecule has 1 aromatic rings. The Morgan fingerprint density at radius 2 is 2.13 bits per heavy atom. The third kappa shape index (κ3) is 4.49. The Hall–Kier alpha value is -1.52. The monoisotopic (exact) mass is 217 g/mol. The summed E-state index contributed by atoms with van der Waals surface area (Å²) in [6.07, 6.45) is -4.60. The highest BCUT2D eigenvalue weighted by atomic mass is 19.4. The molecule has 0 aliphatic carbocycles. The van der Waals surface area contributed by atoms with E-state index in [1.54, 1.807) is 0 Å². The van der Waals surface area contributed by atoms with Crippen LogP contribution in [0.25, 0.3) is 0 Å². The molecule has 0 spiro atoms. The van der Waals surface area contributed by atoms with Gasteiger partial charge in [0.25, 0.3) is 0 Å². The molecule has 0 saturated heterocycles. The first-order valence-electron chi connectivity index (χ1n) is 4.18. The van der Waals surface area contributed by atoms with E-state index in [-0.39, 0.29) is 5.75 Å². The highest BCUT2D eigenvalue weighted by Crippen LogP contribution is 2.20. The van der Waals surface area contributed by atoms with Crippen molar-refractivity contribution in [2.24, 2.45) is 0 Å². The fourth-order valence-corrected chi connectivity index (χ4v) is 0.862.